The second-order valence-electron chi connectivity index (χ2n) is 17.1. The van der Waals surface area contributed by atoms with Crippen LogP contribution < -0.4 is 14.6 Å². The quantitative estimate of drug-likeness (QED) is 0.167. The molecule has 2 aliphatic heterocycles. The fourth-order valence-corrected chi connectivity index (χ4v) is 8.85. The van der Waals surface area contributed by atoms with Crippen LogP contribution in [0.2, 0.25) is 18.1 Å². The number of fused-ring (bicyclic) bond motifs is 2. The Morgan fingerprint density at radius 2 is 1.59 bits per heavy atom. The Labute approximate surface area is 332 Å². The Balaban J connectivity index is 1.32. The van der Waals surface area contributed by atoms with Gasteiger partial charge in [-0.15, -0.1) is 0 Å². The average molecular weight is 767 g/mol. The van der Waals surface area contributed by atoms with Crippen molar-refractivity contribution in [2.45, 2.75) is 91.6 Å². The van der Waals surface area contributed by atoms with Crippen LogP contribution in [0.3, 0.4) is 0 Å². The summed E-state index contributed by atoms with van der Waals surface area (Å²) in [6, 6.07) is 26.4. The lowest BCUT2D eigenvalue weighted by Gasteiger charge is -2.36. The van der Waals surface area contributed by atoms with Gasteiger partial charge in [0.2, 0.25) is 8.32 Å². The molecule has 1 atom stereocenters. The number of carbonyl (C=O) groups excluding carboxylic acids is 2. The van der Waals surface area contributed by atoms with Crippen molar-refractivity contribution in [3.63, 3.8) is 0 Å². The van der Waals surface area contributed by atoms with Crippen LogP contribution in [0.25, 0.3) is 11.3 Å². The van der Waals surface area contributed by atoms with E-state index in [1.54, 1.807) is 11.0 Å². The molecule has 7 rings (SSSR count). The summed E-state index contributed by atoms with van der Waals surface area (Å²) in [4.78, 5) is 33.6. The Bertz CT molecular complexity index is 2390. The topological polar surface area (TPSA) is 95.5 Å². The molecule has 3 aromatic carbocycles. The van der Waals surface area contributed by atoms with Gasteiger partial charge in [0, 0.05) is 67.1 Å². The van der Waals surface area contributed by atoms with E-state index in [0.29, 0.717) is 41.3 Å². The highest BCUT2D eigenvalue weighted by molar-refractivity contribution is 6.74. The molecule has 2 amide bonds. The van der Waals surface area contributed by atoms with Gasteiger partial charge in [0.25, 0.3) is 11.8 Å². The van der Waals surface area contributed by atoms with E-state index in [1.807, 2.05) is 78.4 Å². The number of rotatable bonds is 7. The molecule has 2 aromatic heterocycles. The van der Waals surface area contributed by atoms with Crippen molar-refractivity contribution in [3.8, 4) is 23.1 Å². The van der Waals surface area contributed by atoms with Crippen molar-refractivity contribution < 1.29 is 14.0 Å². The number of aromatic nitrogens is 2. The summed E-state index contributed by atoms with van der Waals surface area (Å²) in [5.41, 5.74) is 10.9. The number of amides is 2. The van der Waals surface area contributed by atoms with Crippen LogP contribution in [0.4, 0.5) is 11.4 Å². The molecule has 0 fully saturated rings. The van der Waals surface area contributed by atoms with Gasteiger partial charge >= 0.3 is 0 Å². The van der Waals surface area contributed by atoms with Gasteiger partial charge in [0.05, 0.1) is 11.3 Å². The first-order chi connectivity index (χ1) is 26.5. The van der Waals surface area contributed by atoms with Crippen LogP contribution in [0.15, 0.2) is 72.8 Å². The maximum atomic E-state index is 15.1. The normalized spacial score (nSPS) is 15.5. The molecular formula is C46H54N6O3Si. The van der Waals surface area contributed by atoms with Gasteiger partial charge in [-0.2, -0.15) is 5.26 Å². The summed E-state index contributed by atoms with van der Waals surface area (Å²) >= 11 is 0. The first-order valence-electron chi connectivity index (χ1n) is 19.6. The number of nitrogens with zero attached hydrogens (tertiary/aromatic N) is 5. The molecule has 0 saturated heterocycles. The van der Waals surface area contributed by atoms with Crippen LogP contribution in [0, 0.1) is 25.2 Å². The summed E-state index contributed by atoms with van der Waals surface area (Å²) in [7, 11) is 1.71. The number of benzene rings is 3. The number of nitrogens with one attached hydrogen (secondary N) is 1. The number of carbonyl (C=O) groups is 2. The molecule has 10 heteroatoms. The Morgan fingerprint density at radius 3 is 2.25 bits per heavy atom. The molecule has 0 spiro atoms. The second-order valence-corrected chi connectivity index (χ2v) is 21.8. The summed E-state index contributed by atoms with van der Waals surface area (Å²) in [5.74, 6) is 0.532. The molecule has 2 aliphatic rings. The van der Waals surface area contributed by atoms with Crippen molar-refractivity contribution in [1.29, 1.82) is 5.26 Å². The Hall–Kier alpha value is -5.37. The van der Waals surface area contributed by atoms with Crippen LogP contribution in [0.5, 0.6) is 5.75 Å². The molecular weight excluding hydrogens is 713 g/mol. The monoisotopic (exact) mass is 766 g/mol. The molecule has 4 heterocycles. The number of anilines is 2. The fraction of sp³-hybridized carbons (Fsp3) is 0.370. The van der Waals surface area contributed by atoms with Crippen LogP contribution >= 0.6 is 0 Å². The molecule has 0 saturated carbocycles. The van der Waals surface area contributed by atoms with E-state index >= 15 is 4.79 Å². The van der Waals surface area contributed by atoms with E-state index in [9.17, 15) is 10.1 Å². The summed E-state index contributed by atoms with van der Waals surface area (Å²) in [6.45, 7) is 19.2. The molecule has 5 aromatic rings. The lowest BCUT2D eigenvalue weighted by atomic mass is 9.90. The van der Waals surface area contributed by atoms with Gasteiger partial charge in [0.1, 0.15) is 17.5 Å². The molecule has 0 bridgehead atoms. The molecule has 9 nitrogen and oxygen atoms in total. The first-order valence-corrected chi connectivity index (χ1v) is 22.5. The third kappa shape index (κ3) is 6.88. The minimum atomic E-state index is -2.10. The predicted molar refractivity (Wildman–Crippen MR) is 226 cm³/mol. The van der Waals surface area contributed by atoms with Gasteiger partial charge in [-0.25, -0.2) is 0 Å². The highest BCUT2D eigenvalue weighted by Crippen LogP contribution is 2.40. The minimum absolute atomic E-state index is 0.00677. The zero-order chi connectivity index (χ0) is 40.3. The number of hydrogen-bond acceptors (Lipinski definition) is 5. The second kappa shape index (κ2) is 14.6. The zero-order valence-corrected chi connectivity index (χ0v) is 35.5. The lowest BCUT2D eigenvalue weighted by molar-refractivity contribution is 0.0658. The minimum Gasteiger partial charge on any atom is -0.544 e. The average Bonchev–Trinajstić information content (AvgIpc) is 3.63. The molecule has 0 radical (unpaired) electrons. The summed E-state index contributed by atoms with van der Waals surface area (Å²) < 4.78 is 10.4. The van der Waals surface area contributed by atoms with Crippen molar-refractivity contribution in [3.05, 3.63) is 123 Å². The van der Waals surface area contributed by atoms with E-state index in [2.05, 4.69) is 82.5 Å². The van der Waals surface area contributed by atoms with Crippen LogP contribution in [-0.4, -0.2) is 46.8 Å². The molecule has 56 heavy (non-hydrogen) atoms. The summed E-state index contributed by atoms with van der Waals surface area (Å²) in [5, 5.41) is 13.5. The van der Waals surface area contributed by atoms with Gasteiger partial charge < -0.3 is 23.8 Å². The first kappa shape index (κ1) is 38.9. The van der Waals surface area contributed by atoms with E-state index in [-0.39, 0.29) is 22.9 Å². The maximum Gasteiger partial charge on any atom is 0.264 e. The smallest absolute Gasteiger partial charge is 0.264 e. The van der Waals surface area contributed by atoms with Gasteiger partial charge in [-0.05, 0) is 129 Å². The van der Waals surface area contributed by atoms with E-state index in [0.717, 1.165) is 53.3 Å². The fourth-order valence-electron chi connectivity index (χ4n) is 7.82. The maximum absolute atomic E-state index is 15.1. The van der Waals surface area contributed by atoms with Crippen molar-refractivity contribution in [1.82, 2.24) is 19.4 Å². The van der Waals surface area contributed by atoms with E-state index in [4.69, 9.17) is 4.43 Å². The van der Waals surface area contributed by atoms with Crippen LogP contribution in [-0.2, 0) is 40.0 Å². The highest BCUT2D eigenvalue weighted by atomic mass is 28.4. The SMILES string of the molecule is Cc1c(N(C(=O)c2cc(-c3cc4c(cc3C(=O)N3Cc5ccccc5C[C@H]3C)CNCC4)n(C)c2C)c2ccc(O[Si](C)(C)C(C)(C)C)cc2)cc(C#N)n1C. The predicted octanol–water partition coefficient (Wildman–Crippen LogP) is 9.11. The number of hydrogen-bond donors (Lipinski definition) is 1. The molecule has 290 valence electrons. The Morgan fingerprint density at radius 1 is 0.893 bits per heavy atom. The van der Waals surface area contributed by atoms with E-state index < -0.39 is 8.32 Å². The highest BCUT2D eigenvalue weighted by Gasteiger charge is 2.39. The van der Waals surface area contributed by atoms with Crippen molar-refractivity contribution >= 4 is 31.5 Å². The standard InChI is InChI=1S/C46H54N6O3Si/c1-29-21-32-13-11-12-14-34(32)28-51(29)44(53)41-23-35-27-48-20-19-33(35)22-40(41)43-25-39(30(2)50(43)8)45(54)52(42-24-37(26-47)49(7)31(42)3)36-15-17-38(18-16-36)55-56(9,10)46(4,5)6/h11-18,22-25,29,48H,19-21,27-28H2,1-10H3/t29-/m1/s1. The third-order valence-corrected chi connectivity index (χ3v) is 17.0. The van der Waals surface area contributed by atoms with Crippen molar-refractivity contribution in [2.75, 3.05) is 11.4 Å². The summed E-state index contributed by atoms with van der Waals surface area (Å²) in [6.07, 6.45) is 1.66. The Kier molecular flexibility index (Phi) is 10.1. The molecule has 0 aliphatic carbocycles. The third-order valence-electron chi connectivity index (χ3n) is 12.6. The van der Waals surface area contributed by atoms with Gasteiger partial charge in [0.15, 0.2) is 0 Å². The van der Waals surface area contributed by atoms with Gasteiger partial charge in [-0.3, -0.25) is 14.5 Å². The van der Waals surface area contributed by atoms with Gasteiger partial charge in [-0.1, -0.05) is 45.0 Å². The number of nitriles is 1. The van der Waals surface area contributed by atoms with E-state index in [1.165, 1.54) is 16.7 Å². The molecule has 1 N–H and O–H groups in total. The molecule has 0 unspecified atom stereocenters. The largest absolute Gasteiger partial charge is 0.544 e. The van der Waals surface area contributed by atoms with Crippen LogP contribution in [0.1, 0.15) is 87.7 Å². The van der Waals surface area contributed by atoms with Crippen molar-refractivity contribution in [2.24, 2.45) is 14.1 Å². The lowest BCUT2D eigenvalue weighted by Crippen LogP contribution is -2.43. The zero-order valence-electron chi connectivity index (χ0n) is 34.5.